The van der Waals surface area contributed by atoms with Crippen molar-refractivity contribution in [3.8, 4) is 0 Å². The molecule has 2 aliphatic heterocycles. The van der Waals surface area contributed by atoms with E-state index in [4.69, 9.17) is 0 Å². The van der Waals surface area contributed by atoms with E-state index in [1.54, 1.807) is 0 Å². The average molecular weight is 301 g/mol. The van der Waals surface area contributed by atoms with Crippen LogP contribution in [-0.4, -0.2) is 62.2 Å². The summed E-state index contributed by atoms with van der Waals surface area (Å²) in [5.41, 5.74) is 4.33. The molecule has 3 rings (SSSR count). The first-order chi connectivity index (χ1) is 10.7. The van der Waals surface area contributed by atoms with Crippen molar-refractivity contribution < 1.29 is 0 Å². The molecule has 122 valence electrons. The quantitative estimate of drug-likeness (QED) is 0.850. The maximum atomic E-state index is 2.74. The largest absolute Gasteiger partial charge is 0.369 e. The molecule has 0 amide bonds. The van der Waals surface area contributed by atoms with E-state index in [9.17, 15) is 0 Å². The van der Waals surface area contributed by atoms with Crippen LogP contribution in [0.15, 0.2) is 18.2 Å². The number of benzene rings is 1. The molecule has 0 radical (unpaired) electrons. The molecule has 2 fully saturated rings. The summed E-state index contributed by atoms with van der Waals surface area (Å²) in [5.74, 6) is 0. The SMILES string of the molecule is CCc1ccc(N2CCN(C3CCN(C)CC3)CC2)c(C)c1. The Morgan fingerprint density at radius 3 is 2.27 bits per heavy atom. The first-order valence-corrected chi connectivity index (χ1v) is 8.94. The predicted molar refractivity (Wildman–Crippen MR) is 94.9 cm³/mol. The molecule has 0 atom stereocenters. The normalized spacial score (nSPS) is 22.2. The highest BCUT2D eigenvalue weighted by atomic mass is 15.3. The zero-order valence-electron chi connectivity index (χ0n) is 14.5. The molecule has 1 aromatic carbocycles. The first kappa shape index (κ1) is 15.8. The van der Waals surface area contributed by atoms with Gasteiger partial charge < -0.3 is 9.80 Å². The van der Waals surface area contributed by atoms with E-state index in [1.165, 1.54) is 68.9 Å². The van der Waals surface area contributed by atoms with Gasteiger partial charge in [0, 0.05) is 37.9 Å². The van der Waals surface area contributed by atoms with Crippen LogP contribution in [0.2, 0.25) is 0 Å². The summed E-state index contributed by atoms with van der Waals surface area (Å²) in [6.45, 7) is 11.8. The number of piperazine rings is 1. The van der Waals surface area contributed by atoms with Gasteiger partial charge in [0.25, 0.3) is 0 Å². The molecule has 0 bridgehead atoms. The van der Waals surface area contributed by atoms with Crippen LogP contribution >= 0.6 is 0 Å². The summed E-state index contributed by atoms with van der Waals surface area (Å²) < 4.78 is 0. The van der Waals surface area contributed by atoms with Crippen molar-refractivity contribution in [2.75, 3.05) is 51.2 Å². The van der Waals surface area contributed by atoms with Gasteiger partial charge in [-0.25, -0.2) is 0 Å². The van der Waals surface area contributed by atoms with Gasteiger partial charge in [-0.2, -0.15) is 0 Å². The maximum absolute atomic E-state index is 2.74. The molecule has 2 aliphatic rings. The van der Waals surface area contributed by atoms with Crippen LogP contribution in [0.25, 0.3) is 0 Å². The lowest BCUT2D eigenvalue weighted by Crippen LogP contribution is -2.53. The van der Waals surface area contributed by atoms with Gasteiger partial charge in [0.1, 0.15) is 0 Å². The Labute approximate surface area is 135 Å². The molecule has 3 nitrogen and oxygen atoms in total. The van der Waals surface area contributed by atoms with Gasteiger partial charge in [-0.15, -0.1) is 0 Å². The van der Waals surface area contributed by atoms with Crippen LogP contribution in [0.5, 0.6) is 0 Å². The monoisotopic (exact) mass is 301 g/mol. The highest BCUT2D eigenvalue weighted by Gasteiger charge is 2.26. The van der Waals surface area contributed by atoms with E-state index in [2.05, 4.69) is 53.8 Å². The van der Waals surface area contributed by atoms with Crippen molar-refractivity contribution in [3.05, 3.63) is 29.3 Å². The molecular formula is C19H31N3. The lowest BCUT2D eigenvalue weighted by molar-refractivity contribution is 0.115. The van der Waals surface area contributed by atoms with Crippen molar-refractivity contribution in [1.82, 2.24) is 9.80 Å². The van der Waals surface area contributed by atoms with E-state index in [0.29, 0.717) is 0 Å². The third kappa shape index (κ3) is 3.47. The van der Waals surface area contributed by atoms with Crippen LogP contribution in [0.1, 0.15) is 30.9 Å². The molecule has 0 aliphatic carbocycles. The van der Waals surface area contributed by atoms with E-state index >= 15 is 0 Å². The van der Waals surface area contributed by atoms with Crippen LogP contribution in [-0.2, 0) is 6.42 Å². The van der Waals surface area contributed by atoms with Crippen molar-refractivity contribution >= 4 is 5.69 Å². The number of likely N-dealkylation sites (tertiary alicyclic amines) is 1. The van der Waals surface area contributed by atoms with E-state index < -0.39 is 0 Å². The van der Waals surface area contributed by atoms with Gasteiger partial charge in [-0.1, -0.05) is 19.1 Å². The molecule has 0 saturated carbocycles. The lowest BCUT2D eigenvalue weighted by atomic mass is 10.0. The van der Waals surface area contributed by atoms with Crippen molar-refractivity contribution in [2.24, 2.45) is 0 Å². The molecule has 2 saturated heterocycles. The Morgan fingerprint density at radius 2 is 1.68 bits per heavy atom. The number of piperidine rings is 1. The molecule has 0 N–H and O–H groups in total. The van der Waals surface area contributed by atoms with Gasteiger partial charge in [0.05, 0.1) is 0 Å². The first-order valence-electron chi connectivity index (χ1n) is 8.94. The van der Waals surface area contributed by atoms with Crippen LogP contribution < -0.4 is 4.90 Å². The van der Waals surface area contributed by atoms with E-state index in [-0.39, 0.29) is 0 Å². The zero-order valence-corrected chi connectivity index (χ0v) is 14.5. The number of hydrogen-bond acceptors (Lipinski definition) is 3. The summed E-state index contributed by atoms with van der Waals surface area (Å²) in [6, 6.07) is 7.81. The Hall–Kier alpha value is -1.06. The second-order valence-corrected chi connectivity index (χ2v) is 7.03. The van der Waals surface area contributed by atoms with Crippen molar-refractivity contribution in [1.29, 1.82) is 0 Å². The molecule has 0 spiro atoms. The number of hydrogen-bond donors (Lipinski definition) is 0. The predicted octanol–water partition coefficient (Wildman–Crippen LogP) is 2.77. The molecular weight excluding hydrogens is 270 g/mol. The minimum atomic E-state index is 0.821. The summed E-state index contributed by atoms with van der Waals surface area (Å²) in [5, 5.41) is 0. The van der Waals surface area contributed by atoms with Crippen molar-refractivity contribution in [2.45, 2.75) is 39.2 Å². The number of anilines is 1. The van der Waals surface area contributed by atoms with Crippen LogP contribution in [0.3, 0.4) is 0 Å². The molecule has 1 aromatic rings. The molecule has 3 heteroatoms. The standard InChI is InChI=1S/C19H31N3/c1-4-17-5-6-19(16(2)15-17)22-13-11-21(12-14-22)18-7-9-20(3)10-8-18/h5-6,15,18H,4,7-14H2,1-3H3. The molecule has 0 unspecified atom stereocenters. The Balaban J connectivity index is 1.57. The summed E-state index contributed by atoms with van der Waals surface area (Å²) in [7, 11) is 2.25. The second kappa shape index (κ2) is 7.01. The fourth-order valence-corrected chi connectivity index (χ4v) is 3.98. The van der Waals surface area contributed by atoms with Gasteiger partial charge in [-0.05, 0) is 63.5 Å². The Kier molecular flexibility index (Phi) is 5.04. The maximum Gasteiger partial charge on any atom is 0.0397 e. The van der Waals surface area contributed by atoms with E-state index in [1.807, 2.05) is 0 Å². The number of aryl methyl sites for hydroxylation is 2. The molecule has 22 heavy (non-hydrogen) atoms. The highest BCUT2D eigenvalue weighted by molar-refractivity contribution is 5.54. The molecule has 0 aromatic heterocycles. The average Bonchev–Trinajstić information content (AvgIpc) is 2.56. The smallest absolute Gasteiger partial charge is 0.0397 e. The minimum absolute atomic E-state index is 0.821. The van der Waals surface area contributed by atoms with E-state index in [0.717, 1.165) is 12.5 Å². The third-order valence-corrected chi connectivity index (χ3v) is 5.53. The minimum Gasteiger partial charge on any atom is -0.369 e. The zero-order chi connectivity index (χ0) is 15.5. The van der Waals surface area contributed by atoms with Crippen molar-refractivity contribution in [3.63, 3.8) is 0 Å². The summed E-state index contributed by atoms with van der Waals surface area (Å²) in [6.07, 6.45) is 3.83. The second-order valence-electron chi connectivity index (χ2n) is 7.03. The Bertz CT molecular complexity index is 483. The van der Waals surface area contributed by atoms with Gasteiger partial charge in [-0.3, -0.25) is 4.90 Å². The topological polar surface area (TPSA) is 9.72 Å². The summed E-state index contributed by atoms with van der Waals surface area (Å²) >= 11 is 0. The Morgan fingerprint density at radius 1 is 1.00 bits per heavy atom. The third-order valence-electron chi connectivity index (χ3n) is 5.53. The van der Waals surface area contributed by atoms with Gasteiger partial charge in [0.15, 0.2) is 0 Å². The number of nitrogens with zero attached hydrogens (tertiary/aromatic N) is 3. The summed E-state index contributed by atoms with van der Waals surface area (Å²) in [4.78, 5) is 7.78. The van der Waals surface area contributed by atoms with Crippen LogP contribution in [0.4, 0.5) is 5.69 Å². The van der Waals surface area contributed by atoms with Gasteiger partial charge in [0.2, 0.25) is 0 Å². The van der Waals surface area contributed by atoms with Gasteiger partial charge >= 0.3 is 0 Å². The van der Waals surface area contributed by atoms with Crippen LogP contribution in [0, 0.1) is 6.92 Å². The highest BCUT2D eigenvalue weighted by Crippen LogP contribution is 2.24. The lowest BCUT2D eigenvalue weighted by Gasteiger charge is -2.43. The fourth-order valence-electron chi connectivity index (χ4n) is 3.98. The number of rotatable bonds is 3. The fraction of sp³-hybridized carbons (Fsp3) is 0.684. The molecule has 2 heterocycles.